The highest BCUT2D eigenvalue weighted by Crippen LogP contribution is 2.26. The summed E-state index contributed by atoms with van der Waals surface area (Å²) in [6, 6.07) is 10.2. The van der Waals surface area contributed by atoms with Crippen LogP contribution in [0.2, 0.25) is 5.02 Å². The van der Waals surface area contributed by atoms with Crippen molar-refractivity contribution in [2.24, 2.45) is 5.73 Å². The molecular weight excluding hydrogens is 252 g/mol. The summed E-state index contributed by atoms with van der Waals surface area (Å²) in [5.41, 5.74) is 7.81. The predicted octanol–water partition coefficient (Wildman–Crippen LogP) is 3.49. The van der Waals surface area contributed by atoms with Gasteiger partial charge in [0.2, 0.25) is 0 Å². The van der Waals surface area contributed by atoms with E-state index in [1.54, 1.807) is 24.2 Å². The van der Waals surface area contributed by atoms with Gasteiger partial charge < -0.3 is 5.73 Å². The zero-order valence-electron chi connectivity index (χ0n) is 9.27. The quantitative estimate of drug-likeness (QED) is 0.860. The summed E-state index contributed by atoms with van der Waals surface area (Å²) in [7, 11) is 0. The van der Waals surface area contributed by atoms with Crippen LogP contribution < -0.4 is 5.73 Å². The average Bonchev–Trinajstić information content (AvgIpc) is 2.38. The molecule has 0 fully saturated rings. The fourth-order valence-corrected chi connectivity index (χ4v) is 2.57. The Balaban J connectivity index is 2.00. The zero-order valence-corrected chi connectivity index (χ0v) is 10.8. The highest BCUT2D eigenvalue weighted by atomic mass is 35.5. The van der Waals surface area contributed by atoms with Gasteiger partial charge in [-0.1, -0.05) is 23.7 Å². The number of thioether (sulfide) groups is 1. The summed E-state index contributed by atoms with van der Waals surface area (Å²) < 4.78 is 0. The Kier molecular flexibility index (Phi) is 4.42. The number of hydrogen-bond acceptors (Lipinski definition) is 3. The molecule has 88 valence electrons. The van der Waals surface area contributed by atoms with E-state index in [1.165, 1.54) is 4.90 Å². The molecule has 1 aromatic heterocycles. The smallest absolute Gasteiger partial charge is 0.0629 e. The lowest BCUT2D eigenvalue weighted by molar-refractivity contribution is 1.07. The molecule has 0 saturated carbocycles. The summed E-state index contributed by atoms with van der Waals surface area (Å²) in [6.07, 6.45) is 3.44. The van der Waals surface area contributed by atoms with Crippen LogP contribution in [-0.4, -0.2) is 4.98 Å². The third-order valence-corrected chi connectivity index (χ3v) is 3.81. The maximum absolute atomic E-state index is 6.05. The van der Waals surface area contributed by atoms with Gasteiger partial charge in [0.25, 0.3) is 0 Å². The maximum atomic E-state index is 6.05. The van der Waals surface area contributed by atoms with Crippen molar-refractivity contribution in [3.8, 4) is 0 Å². The molecule has 0 aliphatic heterocycles. The molecule has 0 unspecified atom stereocenters. The van der Waals surface area contributed by atoms with Gasteiger partial charge in [0, 0.05) is 29.6 Å². The number of benzene rings is 1. The molecule has 1 aromatic carbocycles. The summed E-state index contributed by atoms with van der Waals surface area (Å²) in [5, 5.41) is 0.721. The standard InChI is InChI=1S/C13H13ClN2S/c14-13-8-16-6-5-11(13)9-17-12-3-1-10(7-15)2-4-12/h1-6,8H,7,9,15H2. The minimum atomic E-state index is 0.584. The molecule has 0 radical (unpaired) electrons. The van der Waals surface area contributed by atoms with Crippen molar-refractivity contribution in [1.82, 2.24) is 4.98 Å². The van der Waals surface area contributed by atoms with Crippen LogP contribution in [0.4, 0.5) is 0 Å². The Bertz CT molecular complexity index is 485. The van der Waals surface area contributed by atoms with Crippen LogP contribution in [0.5, 0.6) is 0 Å². The van der Waals surface area contributed by atoms with Gasteiger partial charge in [-0.25, -0.2) is 0 Å². The van der Waals surface area contributed by atoms with Gasteiger partial charge in [-0.2, -0.15) is 0 Å². The van der Waals surface area contributed by atoms with Crippen molar-refractivity contribution < 1.29 is 0 Å². The summed E-state index contributed by atoms with van der Waals surface area (Å²) in [6.45, 7) is 0.584. The van der Waals surface area contributed by atoms with E-state index in [4.69, 9.17) is 17.3 Å². The van der Waals surface area contributed by atoms with Crippen molar-refractivity contribution in [2.45, 2.75) is 17.2 Å². The van der Waals surface area contributed by atoms with Crippen LogP contribution in [0, 0.1) is 0 Å². The minimum Gasteiger partial charge on any atom is -0.326 e. The molecular formula is C13H13ClN2S. The van der Waals surface area contributed by atoms with Crippen LogP contribution in [0.1, 0.15) is 11.1 Å². The van der Waals surface area contributed by atoms with Gasteiger partial charge in [-0.3, -0.25) is 4.98 Å². The van der Waals surface area contributed by atoms with E-state index in [2.05, 4.69) is 29.2 Å². The van der Waals surface area contributed by atoms with E-state index in [9.17, 15) is 0 Å². The van der Waals surface area contributed by atoms with E-state index in [0.717, 1.165) is 21.9 Å². The number of rotatable bonds is 4. The third-order valence-electron chi connectivity index (χ3n) is 2.41. The van der Waals surface area contributed by atoms with Crippen LogP contribution in [-0.2, 0) is 12.3 Å². The van der Waals surface area contributed by atoms with Gasteiger partial charge >= 0.3 is 0 Å². The second-order valence-electron chi connectivity index (χ2n) is 3.60. The minimum absolute atomic E-state index is 0.584. The first-order valence-electron chi connectivity index (χ1n) is 5.30. The SMILES string of the molecule is NCc1ccc(SCc2ccncc2Cl)cc1. The summed E-state index contributed by atoms with van der Waals surface area (Å²) in [4.78, 5) is 5.19. The summed E-state index contributed by atoms with van der Waals surface area (Å²) >= 11 is 7.80. The first-order valence-corrected chi connectivity index (χ1v) is 6.66. The molecule has 2 nitrogen and oxygen atoms in total. The van der Waals surface area contributed by atoms with Gasteiger partial charge in [0.15, 0.2) is 0 Å². The topological polar surface area (TPSA) is 38.9 Å². The third kappa shape index (κ3) is 3.46. The molecule has 1 heterocycles. The van der Waals surface area contributed by atoms with Crippen molar-refractivity contribution in [3.63, 3.8) is 0 Å². The zero-order chi connectivity index (χ0) is 12.1. The molecule has 2 rings (SSSR count). The van der Waals surface area contributed by atoms with Crippen molar-refractivity contribution in [1.29, 1.82) is 0 Å². The van der Waals surface area contributed by atoms with Crippen LogP contribution in [0.15, 0.2) is 47.6 Å². The Morgan fingerprint density at radius 3 is 2.59 bits per heavy atom. The number of hydrogen-bond donors (Lipinski definition) is 1. The molecule has 0 amide bonds. The number of nitrogens with two attached hydrogens (primary N) is 1. The average molecular weight is 265 g/mol. The number of halogens is 1. The highest BCUT2D eigenvalue weighted by molar-refractivity contribution is 7.98. The molecule has 0 saturated heterocycles. The second-order valence-corrected chi connectivity index (χ2v) is 5.06. The van der Waals surface area contributed by atoms with Gasteiger partial charge in [0.05, 0.1) is 5.02 Å². The molecule has 0 aliphatic carbocycles. The Labute approximate surface area is 110 Å². The molecule has 17 heavy (non-hydrogen) atoms. The van der Waals surface area contributed by atoms with Crippen LogP contribution in [0.25, 0.3) is 0 Å². The number of nitrogens with zero attached hydrogens (tertiary/aromatic N) is 1. The van der Waals surface area contributed by atoms with Crippen molar-refractivity contribution in [3.05, 3.63) is 58.9 Å². The molecule has 0 aliphatic rings. The molecule has 0 bridgehead atoms. The van der Waals surface area contributed by atoms with E-state index >= 15 is 0 Å². The Morgan fingerprint density at radius 1 is 1.18 bits per heavy atom. The summed E-state index contributed by atoms with van der Waals surface area (Å²) in [5.74, 6) is 0.851. The lowest BCUT2D eigenvalue weighted by atomic mass is 10.2. The number of pyridine rings is 1. The van der Waals surface area contributed by atoms with Crippen LogP contribution >= 0.6 is 23.4 Å². The Hall–Kier alpha value is -1.03. The highest BCUT2D eigenvalue weighted by Gasteiger charge is 2.01. The normalized spacial score (nSPS) is 10.5. The van der Waals surface area contributed by atoms with Crippen LogP contribution in [0.3, 0.4) is 0 Å². The molecule has 0 atom stereocenters. The van der Waals surface area contributed by atoms with Crippen molar-refractivity contribution in [2.75, 3.05) is 0 Å². The Morgan fingerprint density at radius 2 is 1.94 bits per heavy atom. The van der Waals surface area contributed by atoms with Gasteiger partial charge in [0.1, 0.15) is 0 Å². The first kappa shape index (κ1) is 12.4. The molecule has 0 spiro atoms. The predicted molar refractivity (Wildman–Crippen MR) is 73.1 cm³/mol. The van der Waals surface area contributed by atoms with E-state index in [1.807, 2.05) is 6.07 Å². The maximum Gasteiger partial charge on any atom is 0.0629 e. The van der Waals surface area contributed by atoms with Gasteiger partial charge in [-0.15, -0.1) is 11.8 Å². The lowest BCUT2D eigenvalue weighted by Gasteiger charge is -2.04. The number of aromatic nitrogens is 1. The van der Waals surface area contributed by atoms with E-state index in [-0.39, 0.29) is 0 Å². The molecule has 4 heteroatoms. The lowest BCUT2D eigenvalue weighted by Crippen LogP contribution is -1.94. The second kappa shape index (κ2) is 6.05. The van der Waals surface area contributed by atoms with E-state index in [0.29, 0.717) is 6.54 Å². The molecule has 2 N–H and O–H groups in total. The fraction of sp³-hybridized carbons (Fsp3) is 0.154. The monoisotopic (exact) mass is 264 g/mol. The fourth-order valence-electron chi connectivity index (χ4n) is 1.40. The largest absolute Gasteiger partial charge is 0.326 e. The van der Waals surface area contributed by atoms with Gasteiger partial charge in [-0.05, 0) is 29.3 Å². The van der Waals surface area contributed by atoms with E-state index < -0.39 is 0 Å². The first-order chi connectivity index (χ1) is 8.29. The molecule has 2 aromatic rings. The van der Waals surface area contributed by atoms with Crippen molar-refractivity contribution >= 4 is 23.4 Å².